The van der Waals surface area contributed by atoms with Gasteiger partial charge in [0.2, 0.25) is 0 Å². The minimum atomic E-state index is -0.241. The van der Waals surface area contributed by atoms with Crippen LogP contribution in [0, 0.1) is 0 Å². The molecule has 0 bridgehead atoms. The number of carbonyl (C=O) groups is 1. The van der Waals surface area contributed by atoms with Gasteiger partial charge in [-0.25, -0.2) is 0 Å². The number of nitrogens with one attached hydrogen (secondary N) is 1. The molecular weight excluding hydrogens is 234 g/mol. The Hall–Kier alpha value is -1.75. The van der Waals surface area contributed by atoms with Gasteiger partial charge in [-0.3, -0.25) is 4.79 Å². The summed E-state index contributed by atoms with van der Waals surface area (Å²) in [4.78, 5) is 11.1. The second-order valence-corrected chi connectivity index (χ2v) is 3.89. The Kier molecular flexibility index (Phi) is 4.41. The number of fused-ring (bicyclic) bond motifs is 1. The average molecular weight is 251 g/mol. The summed E-state index contributed by atoms with van der Waals surface area (Å²) in [5.41, 5.74) is 1.04. The molecule has 0 saturated carbocycles. The highest BCUT2D eigenvalue weighted by molar-refractivity contribution is 5.71. The molecule has 0 radical (unpaired) electrons. The van der Waals surface area contributed by atoms with Crippen LogP contribution in [-0.2, 0) is 16.1 Å². The molecule has 0 aromatic heterocycles. The third kappa shape index (κ3) is 3.37. The fourth-order valence-electron chi connectivity index (χ4n) is 1.72. The van der Waals surface area contributed by atoms with Crippen molar-refractivity contribution in [3.05, 3.63) is 23.8 Å². The normalized spacial score (nSPS) is 13.2. The Balaban J connectivity index is 1.84. The van der Waals surface area contributed by atoms with Crippen molar-refractivity contribution in [1.82, 2.24) is 5.32 Å². The lowest BCUT2D eigenvalue weighted by atomic mass is 10.2. The summed E-state index contributed by atoms with van der Waals surface area (Å²) >= 11 is 0. The number of hydrogen-bond acceptors (Lipinski definition) is 5. The van der Waals surface area contributed by atoms with Crippen molar-refractivity contribution in [3.8, 4) is 11.5 Å². The minimum Gasteiger partial charge on any atom is -0.486 e. The summed E-state index contributed by atoms with van der Waals surface area (Å²) in [6.45, 7) is 4.17. The van der Waals surface area contributed by atoms with Crippen LogP contribution in [0.15, 0.2) is 18.2 Å². The van der Waals surface area contributed by atoms with Crippen molar-refractivity contribution < 1.29 is 19.0 Å². The topological polar surface area (TPSA) is 56.8 Å². The van der Waals surface area contributed by atoms with E-state index in [-0.39, 0.29) is 12.5 Å². The van der Waals surface area contributed by atoms with Gasteiger partial charge in [-0.1, -0.05) is 6.07 Å². The zero-order valence-electron chi connectivity index (χ0n) is 10.4. The standard InChI is InChI=1S/C13H17NO4/c1-2-16-13(15)9-14-8-10-3-4-11-12(7-10)18-6-5-17-11/h3-4,7,14H,2,5-6,8-9H2,1H3. The highest BCUT2D eigenvalue weighted by Crippen LogP contribution is 2.30. The molecule has 1 aromatic rings. The Labute approximate surface area is 106 Å². The van der Waals surface area contributed by atoms with Gasteiger partial charge in [0, 0.05) is 6.54 Å². The predicted octanol–water partition coefficient (Wildman–Crippen LogP) is 1.11. The molecule has 1 aliphatic heterocycles. The smallest absolute Gasteiger partial charge is 0.319 e. The van der Waals surface area contributed by atoms with Crippen molar-refractivity contribution in [2.24, 2.45) is 0 Å². The molecule has 1 N–H and O–H groups in total. The first-order valence-electron chi connectivity index (χ1n) is 6.04. The molecule has 0 aliphatic carbocycles. The second kappa shape index (κ2) is 6.26. The number of ether oxygens (including phenoxy) is 3. The fraction of sp³-hybridized carbons (Fsp3) is 0.462. The van der Waals surface area contributed by atoms with Crippen molar-refractivity contribution in [1.29, 1.82) is 0 Å². The maximum atomic E-state index is 11.1. The summed E-state index contributed by atoms with van der Waals surface area (Å²) < 4.78 is 15.7. The summed E-state index contributed by atoms with van der Waals surface area (Å²) in [5, 5.41) is 3.02. The molecule has 1 aromatic carbocycles. The van der Waals surface area contributed by atoms with E-state index in [1.165, 1.54) is 0 Å². The fourth-order valence-corrected chi connectivity index (χ4v) is 1.72. The predicted molar refractivity (Wildman–Crippen MR) is 65.8 cm³/mol. The van der Waals surface area contributed by atoms with Crippen LogP contribution in [0.1, 0.15) is 12.5 Å². The van der Waals surface area contributed by atoms with E-state index in [1.807, 2.05) is 18.2 Å². The van der Waals surface area contributed by atoms with E-state index in [0.29, 0.717) is 26.4 Å². The van der Waals surface area contributed by atoms with Crippen LogP contribution in [0.5, 0.6) is 11.5 Å². The lowest BCUT2D eigenvalue weighted by molar-refractivity contribution is -0.142. The van der Waals surface area contributed by atoms with Crippen molar-refractivity contribution in [2.75, 3.05) is 26.4 Å². The molecule has 0 amide bonds. The van der Waals surface area contributed by atoms with Gasteiger partial charge in [0.1, 0.15) is 13.2 Å². The van der Waals surface area contributed by atoms with Crippen LogP contribution in [-0.4, -0.2) is 32.3 Å². The second-order valence-electron chi connectivity index (χ2n) is 3.89. The first kappa shape index (κ1) is 12.7. The lowest BCUT2D eigenvalue weighted by Crippen LogP contribution is -2.24. The highest BCUT2D eigenvalue weighted by Gasteiger charge is 2.11. The van der Waals surface area contributed by atoms with E-state index in [1.54, 1.807) is 6.92 Å². The van der Waals surface area contributed by atoms with Gasteiger partial charge in [0.05, 0.1) is 13.2 Å². The minimum absolute atomic E-state index is 0.211. The molecule has 5 nitrogen and oxygen atoms in total. The van der Waals surface area contributed by atoms with Crippen LogP contribution < -0.4 is 14.8 Å². The maximum Gasteiger partial charge on any atom is 0.319 e. The van der Waals surface area contributed by atoms with Gasteiger partial charge in [-0.2, -0.15) is 0 Å². The van der Waals surface area contributed by atoms with E-state index in [2.05, 4.69) is 5.32 Å². The number of benzene rings is 1. The molecule has 0 atom stereocenters. The SMILES string of the molecule is CCOC(=O)CNCc1ccc2c(c1)OCCO2. The van der Waals surface area contributed by atoms with Crippen molar-refractivity contribution in [2.45, 2.75) is 13.5 Å². The van der Waals surface area contributed by atoms with E-state index >= 15 is 0 Å². The Morgan fingerprint density at radius 2 is 2.11 bits per heavy atom. The molecule has 2 rings (SSSR count). The van der Waals surface area contributed by atoms with Gasteiger partial charge >= 0.3 is 5.97 Å². The first-order chi connectivity index (χ1) is 8.79. The van der Waals surface area contributed by atoms with Gasteiger partial charge < -0.3 is 19.5 Å². The summed E-state index contributed by atoms with van der Waals surface area (Å²) in [6, 6.07) is 5.76. The quantitative estimate of drug-likeness (QED) is 0.794. The van der Waals surface area contributed by atoms with Gasteiger partial charge in [0.15, 0.2) is 11.5 Å². The van der Waals surface area contributed by atoms with Crippen LogP contribution in [0.2, 0.25) is 0 Å². The molecular formula is C13H17NO4. The lowest BCUT2D eigenvalue weighted by Gasteiger charge is -2.18. The molecule has 0 unspecified atom stereocenters. The van der Waals surface area contributed by atoms with Crippen LogP contribution in [0.25, 0.3) is 0 Å². The van der Waals surface area contributed by atoms with Crippen LogP contribution in [0.4, 0.5) is 0 Å². The van der Waals surface area contributed by atoms with Gasteiger partial charge in [-0.15, -0.1) is 0 Å². The number of rotatable bonds is 5. The maximum absolute atomic E-state index is 11.1. The van der Waals surface area contributed by atoms with Crippen LogP contribution >= 0.6 is 0 Å². The first-order valence-corrected chi connectivity index (χ1v) is 6.04. The Bertz CT molecular complexity index is 419. The van der Waals surface area contributed by atoms with Crippen molar-refractivity contribution >= 4 is 5.97 Å². The summed E-state index contributed by atoms with van der Waals surface area (Å²) in [5.74, 6) is 1.29. The molecule has 1 heterocycles. The largest absolute Gasteiger partial charge is 0.486 e. The molecule has 0 fully saturated rings. The molecule has 18 heavy (non-hydrogen) atoms. The Morgan fingerprint density at radius 3 is 2.89 bits per heavy atom. The molecule has 0 saturated heterocycles. The van der Waals surface area contributed by atoms with E-state index < -0.39 is 0 Å². The highest BCUT2D eigenvalue weighted by atomic mass is 16.6. The van der Waals surface area contributed by atoms with E-state index in [4.69, 9.17) is 14.2 Å². The zero-order valence-corrected chi connectivity index (χ0v) is 10.4. The third-order valence-electron chi connectivity index (χ3n) is 2.51. The Morgan fingerprint density at radius 1 is 1.33 bits per heavy atom. The number of esters is 1. The molecule has 98 valence electrons. The van der Waals surface area contributed by atoms with E-state index in [9.17, 15) is 4.79 Å². The summed E-state index contributed by atoms with van der Waals surface area (Å²) in [7, 11) is 0. The number of hydrogen-bond donors (Lipinski definition) is 1. The zero-order chi connectivity index (χ0) is 12.8. The number of carbonyl (C=O) groups excluding carboxylic acids is 1. The third-order valence-corrected chi connectivity index (χ3v) is 2.51. The van der Waals surface area contributed by atoms with Gasteiger partial charge in [0.25, 0.3) is 0 Å². The van der Waals surface area contributed by atoms with Crippen LogP contribution in [0.3, 0.4) is 0 Å². The van der Waals surface area contributed by atoms with Crippen molar-refractivity contribution in [3.63, 3.8) is 0 Å². The van der Waals surface area contributed by atoms with Gasteiger partial charge in [-0.05, 0) is 24.6 Å². The average Bonchev–Trinajstić information content (AvgIpc) is 2.39. The molecule has 5 heteroatoms. The monoisotopic (exact) mass is 251 g/mol. The summed E-state index contributed by atoms with van der Waals surface area (Å²) in [6.07, 6.45) is 0. The molecule has 0 spiro atoms. The van der Waals surface area contributed by atoms with E-state index in [0.717, 1.165) is 17.1 Å². The molecule has 1 aliphatic rings.